The number of fused-ring (bicyclic) bond motifs is 3. The van der Waals surface area contributed by atoms with Crippen LogP contribution in [0.4, 0.5) is 5.69 Å². The van der Waals surface area contributed by atoms with E-state index in [-0.39, 0.29) is 11.7 Å². The summed E-state index contributed by atoms with van der Waals surface area (Å²) in [6.07, 6.45) is 0. The predicted octanol–water partition coefficient (Wildman–Crippen LogP) is 2.84. The summed E-state index contributed by atoms with van der Waals surface area (Å²) < 4.78 is 7.31. The van der Waals surface area contributed by atoms with Crippen LogP contribution in [0.2, 0.25) is 0 Å². The first-order valence-corrected chi connectivity index (χ1v) is 8.25. The topological polar surface area (TPSA) is 85.8 Å². The van der Waals surface area contributed by atoms with Gasteiger partial charge in [-0.2, -0.15) is 0 Å². The maximum atomic E-state index is 12.1. The minimum Gasteiger partial charge on any atom is -0.456 e. The van der Waals surface area contributed by atoms with Gasteiger partial charge in [0.15, 0.2) is 0 Å². The molecule has 0 saturated heterocycles. The average Bonchev–Trinajstić information content (AvgIpc) is 3.16. The molecule has 2 aromatic carbocycles. The first kappa shape index (κ1) is 14.7. The number of nitrogens with one attached hydrogen (secondary N) is 1. The number of rotatable bonds is 4. The van der Waals surface area contributed by atoms with Crippen LogP contribution in [0.3, 0.4) is 0 Å². The van der Waals surface area contributed by atoms with E-state index in [0.29, 0.717) is 5.16 Å². The van der Waals surface area contributed by atoms with Gasteiger partial charge in [-0.1, -0.05) is 30.0 Å². The van der Waals surface area contributed by atoms with Crippen LogP contribution in [0.1, 0.15) is 0 Å². The first-order chi connectivity index (χ1) is 11.7. The number of carbonyl (C=O) groups excluding carboxylic acids is 1. The van der Waals surface area contributed by atoms with Crippen LogP contribution in [-0.4, -0.2) is 31.9 Å². The summed E-state index contributed by atoms with van der Waals surface area (Å²) in [5, 5.41) is 16.6. The van der Waals surface area contributed by atoms with Gasteiger partial charge >= 0.3 is 0 Å². The monoisotopic (exact) mass is 339 g/mol. The number of tetrazole rings is 1. The van der Waals surface area contributed by atoms with E-state index in [9.17, 15) is 4.79 Å². The zero-order chi connectivity index (χ0) is 16.5. The maximum absolute atomic E-state index is 12.1. The molecule has 4 rings (SSSR count). The number of benzene rings is 2. The highest BCUT2D eigenvalue weighted by molar-refractivity contribution is 7.99. The predicted molar refractivity (Wildman–Crippen MR) is 91.9 cm³/mol. The normalized spacial score (nSPS) is 11.2. The van der Waals surface area contributed by atoms with Crippen molar-refractivity contribution in [1.29, 1.82) is 0 Å². The van der Waals surface area contributed by atoms with Crippen LogP contribution < -0.4 is 5.32 Å². The summed E-state index contributed by atoms with van der Waals surface area (Å²) in [5.41, 5.74) is 2.37. The van der Waals surface area contributed by atoms with Crippen molar-refractivity contribution in [2.24, 2.45) is 7.05 Å². The van der Waals surface area contributed by atoms with Gasteiger partial charge < -0.3 is 9.73 Å². The highest BCUT2D eigenvalue weighted by atomic mass is 32.2. The number of aryl methyl sites for hydroxylation is 1. The fourth-order valence-corrected chi connectivity index (χ4v) is 3.12. The highest BCUT2D eigenvalue weighted by Crippen LogP contribution is 2.30. The molecular formula is C16H13N5O2S. The summed E-state index contributed by atoms with van der Waals surface area (Å²) in [7, 11) is 1.73. The quantitative estimate of drug-likeness (QED) is 0.575. The van der Waals surface area contributed by atoms with Gasteiger partial charge in [-0.05, 0) is 34.7 Å². The second kappa shape index (κ2) is 5.97. The van der Waals surface area contributed by atoms with E-state index in [4.69, 9.17) is 4.42 Å². The molecule has 0 aliphatic rings. The molecule has 0 radical (unpaired) electrons. The molecule has 0 saturated carbocycles. The van der Waals surface area contributed by atoms with Crippen molar-refractivity contribution in [2.45, 2.75) is 5.16 Å². The van der Waals surface area contributed by atoms with Crippen molar-refractivity contribution in [3.8, 4) is 0 Å². The number of amides is 1. The first-order valence-electron chi connectivity index (χ1n) is 7.27. The second-order valence-electron chi connectivity index (χ2n) is 5.23. The van der Waals surface area contributed by atoms with Crippen LogP contribution in [-0.2, 0) is 11.8 Å². The average molecular weight is 339 g/mol. The number of nitrogens with zero attached hydrogens (tertiary/aromatic N) is 4. The minimum atomic E-state index is -0.116. The lowest BCUT2D eigenvalue weighted by atomic mass is 10.1. The molecule has 0 aliphatic heterocycles. The third-order valence-electron chi connectivity index (χ3n) is 3.57. The molecule has 4 aromatic rings. The minimum absolute atomic E-state index is 0.116. The van der Waals surface area contributed by atoms with Gasteiger partial charge in [0.05, 0.1) is 5.75 Å². The molecule has 0 spiro atoms. The number of carbonyl (C=O) groups is 1. The van der Waals surface area contributed by atoms with Crippen molar-refractivity contribution < 1.29 is 9.21 Å². The molecule has 0 aliphatic carbocycles. The number of furan rings is 1. The van der Waals surface area contributed by atoms with E-state index < -0.39 is 0 Å². The summed E-state index contributed by atoms with van der Waals surface area (Å²) in [5.74, 6) is 0.119. The number of anilines is 1. The van der Waals surface area contributed by atoms with E-state index in [1.54, 1.807) is 7.05 Å². The molecule has 24 heavy (non-hydrogen) atoms. The van der Waals surface area contributed by atoms with Crippen LogP contribution in [0.25, 0.3) is 21.9 Å². The third kappa shape index (κ3) is 2.71. The molecule has 0 fully saturated rings. The Kier molecular flexibility index (Phi) is 3.66. The largest absolute Gasteiger partial charge is 0.456 e. The molecule has 1 amide bonds. The van der Waals surface area contributed by atoms with Gasteiger partial charge in [-0.15, -0.1) is 5.10 Å². The Balaban J connectivity index is 1.52. The van der Waals surface area contributed by atoms with Crippen molar-refractivity contribution in [2.75, 3.05) is 11.1 Å². The van der Waals surface area contributed by atoms with Crippen LogP contribution in [0, 0.1) is 0 Å². The fourth-order valence-electron chi connectivity index (χ4n) is 2.47. The second-order valence-corrected chi connectivity index (χ2v) is 6.17. The van der Waals surface area contributed by atoms with Gasteiger partial charge in [0.1, 0.15) is 11.2 Å². The van der Waals surface area contributed by atoms with Crippen molar-refractivity contribution in [3.05, 3.63) is 42.5 Å². The summed E-state index contributed by atoms with van der Waals surface area (Å²) in [4.78, 5) is 12.1. The number of hydrogen-bond acceptors (Lipinski definition) is 6. The molecule has 120 valence electrons. The summed E-state index contributed by atoms with van der Waals surface area (Å²) in [6, 6.07) is 13.5. The lowest BCUT2D eigenvalue weighted by molar-refractivity contribution is -0.113. The number of para-hydroxylation sites is 1. The van der Waals surface area contributed by atoms with E-state index in [1.807, 2.05) is 42.5 Å². The lowest BCUT2D eigenvalue weighted by Gasteiger charge is -2.04. The molecule has 1 N–H and O–H groups in total. The Bertz CT molecular complexity index is 1040. The zero-order valence-electron chi connectivity index (χ0n) is 12.8. The number of thioether (sulfide) groups is 1. The van der Waals surface area contributed by atoms with Crippen LogP contribution in [0.5, 0.6) is 0 Å². The number of hydrogen-bond donors (Lipinski definition) is 1. The van der Waals surface area contributed by atoms with Gasteiger partial charge in [0, 0.05) is 23.5 Å². The van der Waals surface area contributed by atoms with E-state index in [2.05, 4.69) is 20.8 Å². The Labute approximate surface area is 141 Å². The standard InChI is InChI=1S/C16H13N5O2S/c1-21-16(18-19-20-21)24-9-15(22)17-10-6-7-14-12(8-10)11-4-2-3-5-13(11)23-14/h2-8H,9H2,1H3,(H,17,22). The van der Waals surface area contributed by atoms with Crippen molar-refractivity contribution >= 4 is 45.3 Å². The van der Waals surface area contributed by atoms with Gasteiger partial charge in [0.25, 0.3) is 0 Å². The third-order valence-corrected chi connectivity index (χ3v) is 4.58. The van der Waals surface area contributed by atoms with E-state index in [0.717, 1.165) is 27.6 Å². The molecule has 0 bridgehead atoms. The SMILES string of the molecule is Cn1nnnc1SCC(=O)Nc1ccc2oc3ccccc3c2c1. The van der Waals surface area contributed by atoms with Crippen molar-refractivity contribution in [1.82, 2.24) is 20.2 Å². The van der Waals surface area contributed by atoms with E-state index in [1.165, 1.54) is 16.4 Å². The maximum Gasteiger partial charge on any atom is 0.234 e. The summed E-state index contributed by atoms with van der Waals surface area (Å²) in [6.45, 7) is 0. The van der Waals surface area contributed by atoms with E-state index >= 15 is 0 Å². The molecule has 2 aromatic heterocycles. The zero-order valence-corrected chi connectivity index (χ0v) is 13.6. The summed E-state index contributed by atoms with van der Waals surface area (Å²) >= 11 is 1.29. The molecule has 0 atom stereocenters. The van der Waals surface area contributed by atoms with Crippen molar-refractivity contribution in [3.63, 3.8) is 0 Å². The van der Waals surface area contributed by atoms with Gasteiger partial charge in [-0.3, -0.25) is 4.79 Å². The number of aromatic nitrogens is 4. The lowest BCUT2D eigenvalue weighted by Crippen LogP contribution is -2.14. The van der Waals surface area contributed by atoms with Gasteiger partial charge in [0.2, 0.25) is 11.1 Å². The Morgan fingerprint density at radius 3 is 2.88 bits per heavy atom. The Hall–Kier alpha value is -2.87. The molecule has 7 nitrogen and oxygen atoms in total. The Morgan fingerprint density at radius 1 is 1.21 bits per heavy atom. The fraction of sp³-hybridized carbons (Fsp3) is 0.125. The van der Waals surface area contributed by atoms with Crippen LogP contribution >= 0.6 is 11.8 Å². The molecule has 0 unspecified atom stereocenters. The molecule has 2 heterocycles. The highest BCUT2D eigenvalue weighted by Gasteiger charge is 2.10. The molecular weight excluding hydrogens is 326 g/mol. The van der Waals surface area contributed by atoms with Crippen LogP contribution in [0.15, 0.2) is 52.0 Å². The smallest absolute Gasteiger partial charge is 0.234 e. The van der Waals surface area contributed by atoms with Gasteiger partial charge in [-0.25, -0.2) is 4.68 Å². The Morgan fingerprint density at radius 2 is 2.04 bits per heavy atom. The molecule has 8 heteroatoms.